The highest BCUT2D eigenvalue weighted by atomic mass is 32.1. The van der Waals surface area contributed by atoms with Crippen LogP contribution in [0, 0.1) is 13.8 Å². The van der Waals surface area contributed by atoms with Crippen LogP contribution in [0.3, 0.4) is 0 Å². The van der Waals surface area contributed by atoms with Gasteiger partial charge in [-0.1, -0.05) is 0 Å². The number of carbonyl (C=O) groups excluding carboxylic acids is 1. The first-order valence-corrected chi connectivity index (χ1v) is 7.44. The number of nitrogens with zero attached hydrogens (tertiary/aromatic N) is 2. The van der Waals surface area contributed by atoms with Crippen molar-refractivity contribution in [1.29, 1.82) is 0 Å². The lowest BCUT2D eigenvalue weighted by Crippen LogP contribution is -2.36. The fraction of sp³-hybridized carbons (Fsp3) is 0.692. The number of hydrogen-bond acceptors (Lipinski definition) is 4. The van der Waals surface area contributed by atoms with Crippen LogP contribution in [0.1, 0.15) is 36.3 Å². The molecule has 0 aromatic carbocycles. The fourth-order valence-corrected chi connectivity index (χ4v) is 2.97. The summed E-state index contributed by atoms with van der Waals surface area (Å²) < 4.78 is 0. The molecule has 1 saturated heterocycles. The minimum absolute atomic E-state index is 0.271. The molecule has 1 N–H and O–H groups in total. The lowest BCUT2D eigenvalue weighted by atomic mass is 10.1. The monoisotopic (exact) mass is 267 g/mol. The van der Waals surface area contributed by atoms with Gasteiger partial charge in [-0.05, 0) is 33.1 Å². The second-order valence-electron chi connectivity index (χ2n) is 4.78. The summed E-state index contributed by atoms with van der Waals surface area (Å²) in [6.45, 7) is 6.64. The Morgan fingerprint density at radius 1 is 1.33 bits per heavy atom. The van der Waals surface area contributed by atoms with Crippen LogP contribution in [0.25, 0.3) is 0 Å². The summed E-state index contributed by atoms with van der Waals surface area (Å²) in [5.41, 5.74) is 1.07. The van der Waals surface area contributed by atoms with Crippen LogP contribution in [0.4, 0.5) is 5.13 Å². The smallest absolute Gasteiger partial charge is 0.224 e. The van der Waals surface area contributed by atoms with E-state index in [1.165, 1.54) is 11.3 Å². The Morgan fingerprint density at radius 3 is 2.67 bits per heavy atom. The van der Waals surface area contributed by atoms with Crippen LogP contribution in [-0.2, 0) is 4.79 Å². The lowest BCUT2D eigenvalue weighted by molar-refractivity contribution is -0.131. The maximum atomic E-state index is 11.9. The molecule has 0 aliphatic carbocycles. The number of aromatic nitrogens is 1. The van der Waals surface area contributed by atoms with Gasteiger partial charge in [0.1, 0.15) is 0 Å². The van der Waals surface area contributed by atoms with Gasteiger partial charge in [-0.25, -0.2) is 4.98 Å². The van der Waals surface area contributed by atoms with Crippen LogP contribution < -0.4 is 5.32 Å². The molecule has 4 nitrogen and oxygen atoms in total. The summed E-state index contributed by atoms with van der Waals surface area (Å²) in [6.07, 6.45) is 4.14. The highest BCUT2D eigenvalue weighted by Crippen LogP contribution is 2.20. The van der Waals surface area contributed by atoms with E-state index in [1.54, 1.807) is 11.3 Å². The minimum Gasteiger partial charge on any atom is -0.361 e. The van der Waals surface area contributed by atoms with Gasteiger partial charge in [0.2, 0.25) is 5.91 Å². The van der Waals surface area contributed by atoms with Crippen LogP contribution in [0.15, 0.2) is 0 Å². The maximum absolute atomic E-state index is 11.9. The van der Waals surface area contributed by atoms with Crippen LogP contribution in [-0.4, -0.2) is 35.4 Å². The summed E-state index contributed by atoms with van der Waals surface area (Å²) in [5, 5.41) is 4.16. The van der Waals surface area contributed by atoms with E-state index >= 15 is 0 Å². The Morgan fingerprint density at radius 2 is 2.06 bits per heavy atom. The van der Waals surface area contributed by atoms with Crippen molar-refractivity contribution in [3.05, 3.63) is 10.6 Å². The molecule has 5 heteroatoms. The fourth-order valence-electron chi connectivity index (χ4n) is 2.13. The molecule has 2 heterocycles. The number of rotatable bonds is 4. The molecule has 1 fully saturated rings. The number of hydrogen-bond donors (Lipinski definition) is 1. The normalized spacial score (nSPS) is 15.8. The van der Waals surface area contributed by atoms with Gasteiger partial charge in [0.15, 0.2) is 5.13 Å². The van der Waals surface area contributed by atoms with E-state index in [0.29, 0.717) is 13.0 Å². The molecule has 0 radical (unpaired) electrons. The Bertz CT molecular complexity index is 391. The van der Waals surface area contributed by atoms with Gasteiger partial charge in [-0.2, -0.15) is 0 Å². The number of carbonyl (C=O) groups is 1. The van der Waals surface area contributed by atoms with Gasteiger partial charge in [-0.3, -0.25) is 4.79 Å². The number of piperidine rings is 1. The van der Waals surface area contributed by atoms with Crippen molar-refractivity contribution in [2.75, 3.05) is 25.0 Å². The van der Waals surface area contributed by atoms with Crippen molar-refractivity contribution in [1.82, 2.24) is 9.88 Å². The molecule has 0 spiro atoms. The summed E-state index contributed by atoms with van der Waals surface area (Å²) in [4.78, 5) is 19.6. The van der Waals surface area contributed by atoms with Crippen molar-refractivity contribution < 1.29 is 4.79 Å². The quantitative estimate of drug-likeness (QED) is 0.912. The molecule has 0 unspecified atom stereocenters. The summed E-state index contributed by atoms with van der Waals surface area (Å²) in [6, 6.07) is 0. The zero-order valence-corrected chi connectivity index (χ0v) is 12.0. The molecule has 1 aliphatic rings. The third kappa shape index (κ3) is 3.45. The molecular formula is C13H21N3OS. The number of amides is 1. The van der Waals surface area contributed by atoms with Crippen molar-refractivity contribution in [3.63, 3.8) is 0 Å². The van der Waals surface area contributed by atoms with Gasteiger partial charge in [0.25, 0.3) is 0 Å². The van der Waals surface area contributed by atoms with E-state index in [0.717, 1.165) is 36.8 Å². The van der Waals surface area contributed by atoms with E-state index in [-0.39, 0.29) is 5.91 Å². The highest BCUT2D eigenvalue weighted by Gasteiger charge is 2.15. The van der Waals surface area contributed by atoms with E-state index in [2.05, 4.69) is 17.2 Å². The van der Waals surface area contributed by atoms with Gasteiger partial charge < -0.3 is 10.2 Å². The Balaban J connectivity index is 1.72. The molecule has 100 valence electrons. The van der Waals surface area contributed by atoms with Crippen molar-refractivity contribution >= 4 is 22.4 Å². The molecular weight excluding hydrogens is 246 g/mol. The number of thiazole rings is 1. The van der Waals surface area contributed by atoms with Gasteiger partial charge in [0, 0.05) is 30.9 Å². The predicted octanol–water partition coefficient (Wildman–Crippen LogP) is 2.57. The molecule has 0 atom stereocenters. The van der Waals surface area contributed by atoms with E-state index in [1.807, 2.05) is 11.8 Å². The highest BCUT2D eigenvalue weighted by molar-refractivity contribution is 7.15. The Labute approximate surface area is 112 Å². The van der Waals surface area contributed by atoms with Gasteiger partial charge in [0.05, 0.1) is 5.69 Å². The van der Waals surface area contributed by atoms with Crippen molar-refractivity contribution in [2.45, 2.75) is 39.5 Å². The van der Waals surface area contributed by atoms with Crippen LogP contribution >= 0.6 is 11.3 Å². The van der Waals surface area contributed by atoms with Gasteiger partial charge in [-0.15, -0.1) is 11.3 Å². The number of nitrogens with one attached hydrogen (secondary N) is 1. The molecule has 18 heavy (non-hydrogen) atoms. The number of likely N-dealkylation sites (tertiary alicyclic amines) is 1. The molecule has 1 aromatic rings. The van der Waals surface area contributed by atoms with E-state index in [4.69, 9.17) is 0 Å². The average Bonchev–Trinajstić information content (AvgIpc) is 2.69. The van der Waals surface area contributed by atoms with Gasteiger partial charge >= 0.3 is 0 Å². The summed E-state index contributed by atoms with van der Waals surface area (Å²) in [5.74, 6) is 0.271. The van der Waals surface area contributed by atoms with Crippen LogP contribution in [0.2, 0.25) is 0 Å². The Hall–Kier alpha value is -1.10. The molecule has 0 bridgehead atoms. The molecule has 1 aromatic heterocycles. The topological polar surface area (TPSA) is 45.2 Å². The second kappa shape index (κ2) is 6.18. The summed E-state index contributed by atoms with van der Waals surface area (Å²) in [7, 11) is 0. The second-order valence-corrected chi connectivity index (χ2v) is 5.98. The third-order valence-electron chi connectivity index (χ3n) is 3.35. The number of aryl methyl sites for hydroxylation is 2. The SMILES string of the molecule is Cc1nc(NCCC(=O)N2CCCCC2)sc1C. The zero-order chi connectivity index (χ0) is 13.0. The molecule has 2 rings (SSSR count). The lowest BCUT2D eigenvalue weighted by Gasteiger charge is -2.26. The van der Waals surface area contributed by atoms with E-state index < -0.39 is 0 Å². The first-order valence-electron chi connectivity index (χ1n) is 6.62. The average molecular weight is 267 g/mol. The van der Waals surface area contributed by atoms with Crippen molar-refractivity contribution in [2.24, 2.45) is 0 Å². The standard InChI is InChI=1S/C13H21N3OS/c1-10-11(2)18-13(15-10)14-7-6-12(17)16-8-4-3-5-9-16/h3-9H2,1-2H3,(H,14,15). The largest absolute Gasteiger partial charge is 0.361 e. The molecule has 1 aliphatic heterocycles. The Kier molecular flexibility index (Phi) is 4.58. The zero-order valence-electron chi connectivity index (χ0n) is 11.2. The number of anilines is 1. The predicted molar refractivity (Wildman–Crippen MR) is 75.1 cm³/mol. The van der Waals surface area contributed by atoms with Crippen LogP contribution in [0.5, 0.6) is 0 Å². The molecule has 0 saturated carbocycles. The van der Waals surface area contributed by atoms with E-state index in [9.17, 15) is 4.79 Å². The first kappa shape index (κ1) is 13.3. The van der Waals surface area contributed by atoms with Crippen molar-refractivity contribution in [3.8, 4) is 0 Å². The summed E-state index contributed by atoms with van der Waals surface area (Å²) >= 11 is 1.65. The minimum atomic E-state index is 0.271. The maximum Gasteiger partial charge on any atom is 0.224 e. The molecule has 1 amide bonds. The third-order valence-corrected chi connectivity index (χ3v) is 4.38. The first-order chi connectivity index (χ1) is 8.66.